The van der Waals surface area contributed by atoms with Gasteiger partial charge < -0.3 is 20.5 Å². The second kappa shape index (κ2) is 6.67. The molecule has 0 radical (unpaired) electrons. The van der Waals surface area contributed by atoms with E-state index in [-0.39, 0.29) is 12.4 Å². The molecular formula is C12H18N4O3S. The molecule has 0 aromatic carbocycles. The summed E-state index contributed by atoms with van der Waals surface area (Å²) in [6, 6.07) is 0. The quantitative estimate of drug-likeness (QED) is 0.577. The zero-order valence-electron chi connectivity index (χ0n) is 11.3. The third kappa shape index (κ3) is 3.07. The van der Waals surface area contributed by atoms with Crippen LogP contribution in [0.4, 0.5) is 11.6 Å². The van der Waals surface area contributed by atoms with Gasteiger partial charge in [-0.15, -0.1) is 0 Å². The van der Waals surface area contributed by atoms with Crippen molar-refractivity contribution < 1.29 is 10.0 Å². The van der Waals surface area contributed by atoms with Crippen molar-refractivity contribution in [2.24, 2.45) is 5.92 Å². The van der Waals surface area contributed by atoms with E-state index >= 15 is 0 Å². The van der Waals surface area contributed by atoms with Gasteiger partial charge in [-0.2, -0.15) is 9.38 Å². The van der Waals surface area contributed by atoms with Crippen LogP contribution in [0.3, 0.4) is 0 Å². The first kappa shape index (κ1) is 14.7. The molecule has 2 heterocycles. The number of nitrogens with zero attached hydrogens (tertiary/aromatic N) is 3. The molecule has 7 nitrogen and oxygen atoms in total. The lowest BCUT2D eigenvalue weighted by atomic mass is 10.0. The van der Waals surface area contributed by atoms with E-state index in [2.05, 4.69) is 17.2 Å². The summed E-state index contributed by atoms with van der Waals surface area (Å²) in [5.74, 6) is 0.575. The Hall–Kier alpha value is -1.67. The number of hydrogen-bond acceptors (Lipinski definition) is 6. The Morgan fingerprint density at radius 3 is 3.05 bits per heavy atom. The van der Waals surface area contributed by atoms with Crippen molar-refractivity contribution >= 4 is 27.9 Å². The number of nitrogens with one attached hydrogen (secondary N) is 1. The molecule has 0 aliphatic carbocycles. The van der Waals surface area contributed by atoms with Crippen LogP contribution < -0.4 is 5.32 Å². The number of nitro groups is 1. The average molecular weight is 298 g/mol. The normalized spacial score (nSPS) is 12.7. The Morgan fingerprint density at radius 2 is 2.40 bits per heavy atom. The Kier molecular flexibility index (Phi) is 4.91. The minimum absolute atomic E-state index is 0.0273. The van der Waals surface area contributed by atoms with Crippen molar-refractivity contribution in [3.8, 4) is 0 Å². The van der Waals surface area contributed by atoms with Crippen LogP contribution in [0.15, 0.2) is 11.6 Å². The molecule has 0 saturated carbocycles. The molecule has 2 N–H and O–H groups in total. The van der Waals surface area contributed by atoms with Crippen molar-refractivity contribution in [2.45, 2.75) is 26.2 Å². The third-order valence-corrected chi connectivity index (χ3v) is 3.96. The van der Waals surface area contributed by atoms with Crippen molar-refractivity contribution in [1.82, 2.24) is 9.38 Å². The summed E-state index contributed by atoms with van der Waals surface area (Å²) in [5, 5.41) is 25.0. The van der Waals surface area contributed by atoms with E-state index in [1.54, 1.807) is 11.6 Å². The standard InChI is InChI=1S/C12H18N4O3S/c1-2-3-9(4-6-17)8-13-10-11(16(18)19)15-5-7-20-12(15)14-10/h5,7,9,13,17H,2-4,6,8H2,1H3. The third-order valence-electron chi connectivity index (χ3n) is 3.20. The highest BCUT2D eigenvalue weighted by Gasteiger charge is 2.23. The van der Waals surface area contributed by atoms with Crippen LogP contribution >= 0.6 is 11.3 Å². The summed E-state index contributed by atoms with van der Waals surface area (Å²) < 4.78 is 1.48. The first-order valence-electron chi connectivity index (χ1n) is 6.62. The first-order chi connectivity index (χ1) is 9.67. The molecule has 0 bridgehead atoms. The molecule has 110 valence electrons. The van der Waals surface area contributed by atoms with Crippen molar-refractivity contribution in [3.63, 3.8) is 0 Å². The molecule has 0 fully saturated rings. The lowest BCUT2D eigenvalue weighted by Gasteiger charge is -2.15. The van der Waals surface area contributed by atoms with E-state index in [1.807, 2.05) is 0 Å². The van der Waals surface area contributed by atoms with E-state index in [0.29, 0.717) is 29.7 Å². The Labute approximate surface area is 120 Å². The molecular weight excluding hydrogens is 280 g/mol. The SMILES string of the molecule is CCCC(CCO)CNc1nc2sccn2c1[N+](=O)[O-]. The predicted molar refractivity (Wildman–Crippen MR) is 78.3 cm³/mol. The maximum absolute atomic E-state index is 11.2. The first-order valence-corrected chi connectivity index (χ1v) is 7.50. The summed E-state index contributed by atoms with van der Waals surface area (Å²) in [4.78, 5) is 15.6. The second-order valence-electron chi connectivity index (χ2n) is 4.64. The number of aromatic nitrogens is 2. The molecule has 20 heavy (non-hydrogen) atoms. The van der Waals surface area contributed by atoms with Crippen molar-refractivity contribution in [3.05, 3.63) is 21.7 Å². The van der Waals surface area contributed by atoms with E-state index in [0.717, 1.165) is 12.8 Å². The molecule has 2 aromatic heterocycles. The summed E-state index contributed by atoms with van der Waals surface area (Å²) in [6.07, 6.45) is 4.33. The molecule has 0 spiro atoms. The highest BCUT2D eigenvalue weighted by atomic mass is 32.1. The topological polar surface area (TPSA) is 92.7 Å². The highest BCUT2D eigenvalue weighted by molar-refractivity contribution is 7.15. The average Bonchev–Trinajstić information content (AvgIpc) is 2.95. The van der Waals surface area contributed by atoms with Gasteiger partial charge in [0.05, 0.1) is 0 Å². The largest absolute Gasteiger partial charge is 0.396 e. The summed E-state index contributed by atoms with van der Waals surface area (Å²) >= 11 is 1.36. The number of imidazole rings is 1. The predicted octanol–water partition coefficient (Wildman–Crippen LogP) is 2.51. The van der Waals surface area contributed by atoms with Crippen LogP contribution in [-0.4, -0.2) is 32.6 Å². The fourth-order valence-electron chi connectivity index (χ4n) is 2.25. The molecule has 0 aliphatic rings. The molecule has 8 heteroatoms. The molecule has 1 unspecified atom stereocenters. The number of aliphatic hydroxyl groups excluding tert-OH is 1. The van der Waals surface area contributed by atoms with Crippen LogP contribution in [0.2, 0.25) is 0 Å². The van der Waals surface area contributed by atoms with Gasteiger partial charge in [0.25, 0.3) is 4.96 Å². The fourth-order valence-corrected chi connectivity index (χ4v) is 2.96. The van der Waals surface area contributed by atoms with E-state index in [9.17, 15) is 10.1 Å². The van der Waals surface area contributed by atoms with Gasteiger partial charge in [-0.25, -0.2) is 0 Å². The van der Waals surface area contributed by atoms with Gasteiger partial charge in [0.15, 0.2) is 0 Å². The molecule has 2 aromatic rings. The summed E-state index contributed by atoms with van der Waals surface area (Å²) in [5.41, 5.74) is 0. The number of thiazole rings is 1. The van der Waals surface area contributed by atoms with Gasteiger partial charge in [-0.1, -0.05) is 24.7 Å². The van der Waals surface area contributed by atoms with Crippen LogP contribution in [0.5, 0.6) is 0 Å². The fraction of sp³-hybridized carbons (Fsp3) is 0.583. The Balaban J connectivity index is 2.14. The molecule has 0 aliphatic heterocycles. The van der Waals surface area contributed by atoms with Crippen molar-refractivity contribution in [2.75, 3.05) is 18.5 Å². The molecule has 2 rings (SSSR count). The zero-order valence-corrected chi connectivity index (χ0v) is 12.1. The highest BCUT2D eigenvalue weighted by Crippen LogP contribution is 2.28. The maximum Gasteiger partial charge on any atom is 0.372 e. The maximum atomic E-state index is 11.2. The molecule has 0 amide bonds. The van der Waals surface area contributed by atoms with Gasteiger partial charge in [0.2, 0.25) is 5.82 Å². The lowest BCUT2D eigenvalue weighted by Crippen LogP contribution is -2.16. The van der Waals surface area contributed by atoms with Crippen LogP contribution in [-0.2, 0) is 0 Å². The minimum atomic E-state index is -0.421. The number of anilines is 1. The van der Waals surface area contributed by atoms with Crippen LogP contribution in [0.25, 0.3) is 4.96 Å². The number of fused-ring (bicyclic) bond motifs is 1. The van der Waals surface area contributed by atoms with Crippen molar-refractivity contribution in [1.29, 1.82) is 0 Å². The second-order valence-corrected chi connectivity index (χ2v) is 5.52. The van der Waals surface area contributed by atoms with E-state index in [4.69, 9.17) is 5.11 Å². The van der Waals surface area contributed by atoms with Gasteiger partial charge in [0.1, 0.15) is 6.20 Å². The number of rotatable bonds is 8. The van der Waals surface area contributed by atoms with Crippen LogP contribution in [0, 0.1) is 16.0 Å². The smallest absolute Gasteiger partial charge is 0.372 e. The summed E-state index contributed by atoms with van der Waals surface area (Å²) in [6.45, 7) is 2.80. The molecule has 0 saturated heterocycles. The molecule has 1 atom stereocenters. The number of hydrogen-bond donors (Lipinski definition) is 2. The van der Waals surface area contributed by atoms with Gasteiger partial charge >= 0.3 is 5.82 Å². The minimum Gasteiger partial charge on any atom is -0.396 e. The Morgan fingerprint density at radius 1 is 1.60 bits per heavy atom. The number of aliphatic hydroxyl groups is 1. The van der Waals surface area contributed by atoms with E-state index in [1.165, 1.54) is 15.7 Å². The van der Waals surface area contributed by atoms with Gasteiger partial charge in [-0.05, 0) is 23.7 Å². The zero-order chi connectivity index (χ0) is 14.5. The van der Waals surface area contributed by atoms with Gasteiger partial charge in [0, 0.05) is 18.5 Å². The Bertz CT molecular complexity index is 574. The van der Waals surface area contributed by atoms with E-state index < -0.39 is 4.92 Å². The van der Waals surface area contributed by atoms with Crippen LogP contribution in [0.1, 0.15) is 26.2 Å². The monoisotopic (exact) mass is 298 g/mol. The lowest BCUT2D eigenvalue weighted by molar-refractivity contribution is -0.389. The van der Waals surface area contributed by atoms with Gasteiger partial charge in [-0.3, -0.25) is 0 Å². The summed E-state index contributed by atoms with van der Waals surface area (Å²) in [7, 11) is 0.